The first-order chi connectivity index (χ1) is 8.98. The molecule has 2 rings (SSSR count). The van der Waals surface area contributed by atoms with Crippen molar-refractivity contribution in [1.29, 1.82) is 0 Å². The summed E-state index contributed by atoms with van der Waals surface area (Å²) in [6.45, 7) is 2.45. The number of nitrogens with zero attached hydrogens (tertiary/aromatic N) is 1. The highest BCUT2D eigenvalue weighted by atomic mass is 32.2. The van der Waals surface area contributed by atoms with Gasteiger partial charge in [0.2, 0.25) is 10.0 Å². The first kappa shape index (κ1) is 13.8. The monoisotopic (exact) mass is 278 g/mol. The number of benzene rings is 2. The van der Waals surface area contributed by atoms with Gasteiger partial charge in [0.05, 0.1) is 4.90 Å². The van der Waals surface area contributed by atoms with Gasteiger partial charge in [-0.05, 0) is 18.6 Å². The molecule has 0 unspecified atom stereocenters. The third kappa shape index (κ3) is 2.43. The lowest BCUT2D eigenvalue weighted by molar-refractivity contribution is 0.469. The molecule has 2 aromatic carbocycles. The van der Waals surface area contributed by atoms with Crippen LogP contribution in [0.3, 0.4) is 0 Å². The van der Waals surface area contributed by atoms with Gasteiger partial charge in [-0.15, -0.1) is 0 Å². The first-order valence-corrected chi connectivity index (χ1v) is 7.66. The van der Waals surface area contributed by atoms with E-state index < -0.39 is 10.0 Å². The third-order valence-electron chi connectivity index (χ3n) is 3.14. The number of nitrogens with two attached hydrogens (primary N) is 1. The van der Waals surface area contributed by atoms with Crippen LogP contribution < -0.4 is 5.73 Å². The van der Waals surface area contributed by atoms with Crippen LogP contribution in [-0.4, -0.2) is 26.3 Å². The molecule has 2 aromatic rings. The Morgan fingerprint density at radius 3 is 2.42 bits per heavy atom. The number of hydrogen-bond donors (Lipinski definition) is 1. The van der Waals surface area contributed by atoms with Gasteiger partial charge in [0.1, 0.15) is 0 Å². The average molecular weight is 278 g/mol. The van der Waals surface area contributed by atoms with Crippen molar-refractivity contribution in [3.8, 4) is 0 Å². The Morgan fingerprint density at radius 1 is 1.11 bits per heavy atom. The molecule has 0 aromatic heterocycles. The smallest absolute Gasteiger partial charge is 0.243 e. The minimum Gasteiger partial charge on any atom is -0.398 e. The van der Waals surface area contributed by atoms with Gasteiger partial charge in [-0.3, -0.25) is 0 Å². The number of nitrogen functional groups attached to an aromatic ring is 1. The molecule has 102 valence electrons. The summed E-state index contributed by atoms with van der Waals surface area (Å²) in [6.07, 6.45) is 0.780. The summed E-state index contributed by atoms with van der Waals surface area (Å²) in [5, 5.41) is 1.44. The second kappa shape index (κ2) is 5.19. The van der Waals surface area contributed by atoms with E-state index in [4.69, 9.17) is 5.73 Å². The van der Waals surface area contributed by atoms with Crippen LogP contribution in [0.5, 0.6) is 0 Å². The summed E-state index contributed by atoms with van der Waals surface area (Å²) < 4.78 is 26.4. The lowest BCUT2D eigenvalue weighted by atomic mass is 10.1. The van der Waals surface area contributed by atoms with Crippen LogP contribution in [0.15, 0.2) is 41.3 Å². The van der Waals surface area contributed by atoms with Gasteiger partial charge in [0, 0.05) is 30.1 Å². The molecule has 0 saturated carbocycles. The number of rotatable bonds is 4. The summed E-state index contributed by atoms with van der Waals surface area (Å²) in [4.78, 5) is 0.313. The van der Waals surface area contributed by atoms with E-state index in [-0.39, 0.29) is 0 Å². The van der Waals surface area contributed by atoms with Gasteiger partial charge in [0.25, 0.3) is 0 Å². The number of fused-ring (bicyclic) bond motifs is 1. The molecule has 5 heteroatoms. The SMILES string of the molecule is CCCN(C)S(=O)(=O)c1cccc2c(N)cccc12. The summed E-state index contributed by atoms with van der Waals surface area (Å²) in [6, 6.07) is 10.5. The molecule has 0 aliphatic rings. The minimum atomic E-state index is -3.47. The second-order valence-corrected chi connectivity index (χ2v) is 6.54. The fraction of sp³-hybridized carbons (Fsp3) is 0.286. The summed E-state index contributed by atoms with van der Waals surface area (Å²) >= 11 is 0. The largest absolute Gasteiger partial charge is 0.398 e. The quantitative estimate of drug-likeness (QED) is 0.874. The summed E-state index contributed by atoms with van der Waals surface area (Å²) in [5.41, 5.74) is 6.49. The van der Waals surface area contributed by atoms with Crippen LogP contribution in [-0.2, 0) is 10.0 Å². The van der Waals surface area contributed by atoms with E-state index in [1.54, 1.807) is 37.4 Å². The zero-order valence-electron chi connectivity index (χ0n) is 11.1. The Bertz CT molecular complexity index is 696. The summed E-state index contributed by atoms with van der Waals surface area (Å²) in [5.74, 6) is 0. The zero-order chi connectivity index (χ0) is 14.0. The molecule has 0 bridgehead atoms. The molecule has 4 nitrogen and oxygen atoms in total. The van der Waals surface area contributed by atoms with Crippen LogP contribution in [0.2, 0.25) is 0 Å². The molecule has 0 atom stereocenters. The molecule has 0 fully saturated rings. The highest BCUT2D eigenvalue weighted by molar-refractivity contribution is 7.89. The Labute approximate surface area is 113 Å². The highest BCUT2D eigenvalue weighted by Crippen LogP contribution is 2.28. The molecule has 0 aliphatic carbocycles. The fourth-order valence-corrected chi connectivity index (χ4v) is 3.60. The Hall–Kier alpha value is -1.59. The van der Waals surface area contributed by atoms with Crippen molar-refractivity contribution in [2.45, 2.75) is 18.2 Å². The van der Waals surface area contributed by atoms with Crippen molar-refractivity contribution >= 4 is 26.5 Å². The number of anilines is 1. The maximum atomic E-state index is 12.5. The minimum absolute atomic E-state index is 0.313. The average Bonchev–Trinajstić information content (AvgIpc) is 2.39. The van der Waals surface area contributed by atoms with Gasteiger partial charge in [-0.1, -0.05) is 31.2 Å². The van der Waals surface area contributed by atoms with Gasteiger partial charge < -0.3 is 5.73 Å². The second-order valence-electron chi connectivity index (χ2n) is 4.53. The molecule has 0 saturated heterocycles. The van der Waals surface area contributed by atoms with Crippen molar-refractivity contribution in [2.75, 3.05) is 19.3 Å². The van der Waals surface area contributed by atoms with Crippen LogP contribution in [0.25, 0.3) is 10.8 Å². The van der Waals surface area contributed by atoms with E-state index in [2.05, 4.69) is 0 Å². The Kier molecular flexibility index (Phi) is 3.78. The normalized spacial score (nSPS) is 12.2. The zero-order valence-corrected chi connectivity index (χ0v) is 11.9. The van der Waals surface area contributed by atoms with Gasteiger partial charge in [0.15, 0.2) is 0 Å². The van der Waals surface area contributed by atoms with E-state index >= 15 is 0 Å². The number of hydrogen-bond acceptors (Lipinski definition) is 3. The predicted octanol–water partition coefficient (Wildman–Crippen LogP) is 2.45. The lowest BCUT2D eigenvalue weighted by Crippen LogP contribution is -2.27. The molecule has 0 radical (unpaired) electrons. The Morgan fingerprint density at radius 2 is 1.74 bits per heavy atom. The standard InChI is InChI=1S/C14H18N2O2S/c1-3-10-16(2)19(17,18)14-9-5-6-11-12(14)7-4-8-13(11)15/h4-9H,3,10,15H2,1-2H3. The topological polar surface area (TPSA) is 63.4 Å². The third-order valence-corrected chi connectivity index (χ3v) is 5.06. The van der Waals surface area contributed by atoms with E-state index in [1.165, 1.54) is 4.31 Å². The molecule has 19 heavy (non-hydrogen) atoms. The fourth-order valence-electron chi connectivity index (χ4n) is 2.13. The van der Waals surface area contributed by atoms with Crippen LogP contribution in [0, 0.1) is 0 Å². The molecular weight excluding hydrogens is 260 g/mol. The van der Waals surface area contributed by atoms with Gasteiger partial charge in [-0.25, -0.2) is 12.7 Å². The van der Waals surface area contributed by atoms with Crippen molar-refractivity contribution in [3.63, 3.8) is 0 Å². The maximum absolute atomic E-state index is 12.5. The van der Waals surface area contributed by atoms with Crippen LogP contribution in [0.1, 0.15) is 13.3 Å². The number of sulfonamides is 1. The van der Waals surface area contributed by atoms with Crippen molar-refractivity contribution in [1.82, 2.24) is 4.31 Å². The van der Waals surface area contributed by atoms with E-state index in [0.717, 1.165) is 11.8 Å². The van der Waals surface area contributed by atoms with E-state index in [1.807, 2.05) is 13.0 Å². The predicted molar refractivity (Wildman–Crippen MR) is 78.5 cm³/mol. The van der Waals surface area contributed by atoms with E-state index in [0.29, 0.717) is 22.5 Å². The van der Waals surface area contributed by atoms with E-state index in [9.17, 15) is 8.42 Å². The Balaban J connectivity index is 2.67. The molecular formula is C14H18N2O2S. The molecule has 0 amide bonds. The van der Waals surface area contributed by atoms with Crippen molar-refractivity contribution in [2.24, 2.45) is 0 Å². The van der Waals surface area contributed by atoms with Crippen molar-refractivity contribution < 1.29 is 8.42 Å². The molecule has 2 N–H and O–H groups in total. The summed E-state index contributed by atoms with van der Waals surface area (Å²) in [7, 11) is -1.87. The molecule has 0 spiro atoms. The lowest BCUT2D eigenvalue weighted by Gasteiger charge is -2.17. The molecule has 0 heterocycles. The maximum Gasteiger partial charge on any atom is 0.243 e. The van der Waals surface area contributed by atoms with Gasteiger partial charge >= 0.3 is 0 Å². The molecule has 0 aliphatic heterocycles. The first-order valence-electron chi connectivity index (χ1n) is 6.22. The highest BCUT2D eigenvalue weighted by Gasteiger charge is 2.22. The van der Waals surface area contributed by atoms with Gasteiger partial charge in [-0.2, -0.15) is 0 Å². The van der Waals surface area contributed by atoms with Crippen molar-refractivity contribution in [3.05, 3.63) is 36.4 Å². The van der Waals surface area contributed by atoms with Crippen LogP contribution >= 0.6 is 0 Å². The van der Waals surface area contributed by atoms with Crippen LogP contribution in [0.4, 0.5) is 5.69 Å².